The molecular formula is C38H30Cl2F2N2O5S. The van der Waals surface area contributed by atoms with Crippen molar-refractivity contribution in [2.24, 2.45) is 0 Å². The number of carboxylic acid groups (broad SMARTS) is 1. The summed E-state index contributed by atoms with van der Waals surface area (Å²) in [5, 5.41) is 10.1. The second-order valence-electron chi connectivity index (χ2n) is 11.5. The quantitative estimate of drug-likeness (QED) is 0.116. The van der Waals surface area contributed by atoms with Crippen LogP contribution in [0.25, 0.3) is 10.9 Å². The molecule has 7 nitrogen and oxygen atoms in total. The van der Waals surface area contributed by atoms with Gasteiger partial charge in [0.2, 0.25) is 10.0 Å². The maximum Gasteiger partial charge on any atom is 0.335 e. The van der Waals surface area contributed by atoms with E-state index in [1.807, 2.05) is 72.8 Å². The minimum Gasteiger partial charge on any atom is -0.493 e. The number of nitrogens with zero attached hydrogens (tertiary/aromatic N) is 1. The molecule has 0 saturated carbocycles. The Kier molecular flexibility index (Phi) is 10.5. The normalized spacial score (nSPS) is 11.7. The van der Waals surface area contributed by atoms with Gasteiger partial charge in [-0.15, -0.1) is 0 Å². The number of aromatic carboxylic acids is 1. The van der Waals surface area contributed by atoms with Crippen molar-refractivity contribution in [3.8, 4) is 5.75 Å². The molecule has 0 fully saturated rings. The molecule has 0 bridgehead atoms. The minimum atomic E-state index is -4.42. The van der Waals surface area contributed by atoms with Crippen LogP contribution in [0, 0.1) is 11.6 Å². The number of sulfonamides is 1. The third kappa shape index (κ3) is 7.53. The van der Waals surface area contributed by atoms with Crippen LogP contribution in [0.15, 0.2) is 120 Å². The third-order valence-electron chi connectivity index (χ3n) is 8.31. The van der Waals surface area contributed by atoms with Crippen LogP contribution < -0.4 is 9.46 Å². The predicted molar refractivity (Wildman–Crippen MR) is 190 cm³/mol. The van der Waals surface area contributed by atoms with Crippen LogP contribution in [0.4, 0.5) is 8.78 Å². The predicted octanol–water partition coefficient (Wildman–Crippen LogP) is 8.70. The number of halogens is 4. The van der Waals surface area contributed by atoms with E-state index in [4.69, 9.17) is 27.9 Å². The topological polar surface area (TPSA) is 97.6 Å². The maximum absolute atomic E-state index is 14.6. The lowest BCUT2D eigenvalue weighted by molar-refractivity contribution is 0.0696. The molecule has 6 aromatic rings. The first-order valence-corrected chi connectivity index (χ1v) is 17.8. The highest BCUT2D eigenvalue weighted by Gasteiger charge is 2.27. The number of aromatic nitrogens is 1. The van der Waals surface area contributed by atoms with Gasteiger partial charge in [-0.3, -0.25) is 0 Å². The zero-order valence-corrected chi connectivity index (χ0v) is 28.7. The summed E-state index contributed by atoms with van der Waals surface area (Å²) >= 11 is 12.4. The Labute approximate surface area is 297 Å². The largest absolute Gasteiger partial charge is 0.493 e. The van der Waals surface area contributed by atoms with Gasteiger partial charge in [-0.2, -0.15) is 0 Å². The Morgan fingerprint density at radius 3 is 2.08 bits per heavy atom. The summed E-state index contributed by atoms with van der Waals surface area (Å²) in [5.74, 6) is -2.88. The highest BCUT2D eigenvalue weighted by atomic mass is 35.5. The van der Waals surface area contributed by atoms with E-state index in [0.717, 1.165) is 39.4 Å². The monoisotopic (exact) mass is 734 g/mol. The van der Waals surface area contributed by atoms with Crippen LogP contribution in [0.5, 0.6) is 5.75 Å². The van der Waals surface area contributed by atoms with Crippen molar-refractivity contribution in [1.82, 2.24) is 9.29 Å². The van der Waals surface area contributed by atoms with Crippen molar-refractivity contribution in [2.45, 2.75) is 23.8 Å². The third-order valence-corrected chi connectivity index (χ3v) is 10.3. The average molecular weight is 736 g/mol. The lowest BCUT2D eigenvalue weighted by Gasteiger charge is -2.25. The molecular weight excluding hydrogens is 705 g/mol. The van der Waals surface area contributed by atoms with Gasteiger partial charge in [-0.05, 0) is 65.2 Å². The molecule has 1 heterocycles. The summed E-state index contributed by atoms with van der Waals surface area (Å²) in [6.45, 7) is 0.0685. The molecule has 5 aromatic carbocycles. The fourth-order valence-electron chi connectivity index (χ4n) is 6.07. The molecule has 12 heteroatoms. The van der Waals surface area contributed by atoms with Gasteiger partial charge in [0.1, 0.15) is 22.3 Å². The van der Waals surface area contributed by atoms with Gasteiger partial charge < -0.3 is 14.4 Å². The Hall–Kier alpha value is -4.74. The molecule has 1 aromatic heterocycles. The highest BCUT2D eigenvalue weighted by Crippen LogP contribution is 2.38. The molecule has 0 aliphatic carbocycles. The molecule has 0 aliphatic rings. The van der Waals surface area contributed by atoms with Crippen molar-refractivity contribution in [3.05, 3.63) is 165 Å². The van der Waals surface area contributed by atoms with Gasteiger partial charge in [0.15, 0.2) is 0 Å². The summed E-state index contributed by atoms with van der Waals surface area (Å²) in [6, 6.07) is 32.3. The Morgan fingerprint density at radius 1 is 0.820 bits per heavy atom. The summed E-state index contributed by atoms with van der Waals surface area (Å²) in [4.78, 5) is 10.5. The van der Waals surface area contributed by atoms with Crippen molar-refractivity contribution >= 4 is 50.1 Å². The molecule has 0 aliphatic heterocycles. The number of carboxylic acids is 1. The standard InChI is InChI=1S/C38H30Cl2F2N2O5S/c39-27-13-16-34-30(21-27)29(18-20-49-28-14-11-26(12-15-28)38(45)46)35(17-19-43-50(47,48)36-22-31(40)32(41)23-33(36)42)44(34)37(24-7-3-1-4-8-24)25-9-5-2-6-10-25/h1-16,21-23,37,43H,17-20H2,(H,45,46). The van der Waals surface area contributed by atoms with Gasteiger partial charge in [-0.25, -0.2) is 26.7 Å². The van der Waals surface area contributed by atoms with Crippen LogP contribution >= 0.6 is 23.2 Å². The number of hydrogen-bond donors (Lipinski definition) is 2. The molecule has 6 rings (SSSR count). The van der Waals surface area contributed by atoms with E-state index >= 15 is 0 Å². The minimum absolute atomic E-state index is 0.135. The van der Waals surface area contributed by atoms with Crippen molar-refractivity contribution < 1.29 is 31.8 Å². The highest BCUT2D eigenvalue weighted by molar-refractivity contribution is 7.89. The molecule has 0 unspecified atom stereocenters. The molecule has 0 radical (unpaired) electrons. The van der Waals surface area contributed by atoms with Gasteiger partial charge in [0, 0.05) is 47.1 Å². The molecule has 256 valence electrons. The first-order chi connectivity index (χ1) is 24.0. The SMILES string of the molecule is O=C(O)c1ccc(OCCc2c(CCNS(=O)(=O)c3cc(Cl)c(F)cc3F)n(C(c3ccccc3)c3ccccc3)c3ccc(Cl)cc23)cc1. The fourth-order valence-corrected chi connectivity index (χ4v) is 7.58. The van der Waals surface area contributed by atoms with Gasteiger partial charge in [0.25, 0.3) is 0 Å². The van der Waals surface area contributed by atoms with E-state index in [1.54, 1.807) is 18.2 Å². The smallest absolute Gasteiger partial charge is 0.335 e. The van der Waals surface area contributed by atoms with Crippen molar-refractivity contribution in [3.63, 3.8) is 0 Å². The van der Waals surface area contributed by atoms with E-state index in [-0.39, 0.29) is 31.2 Å². The Balaban J connectivity index is 1.44. The summed E-state index contributed by atoms with van der Waals surface area (Å²) in [5.41, 5.74) is 4.59. The second kappa shape index (κ2) is 15.0. The summed E-state index contributed by atoms with van der Waals surface area (Å²) < 4.78 is 65.6. The number of rotatable bonds is 13. The zero-order valence-electron chi connectivity index (χ0n) is 26.3. The van der Waals surface area contributed by atoms with Crippen molar-refractivity contribution in [2.75, 3.05) is 13.2 Å². The van der Waals surface area contributed by atoms with Crippen LogP contribution in [0.2, 0.25) is 10.0 Å². The van der Waals surface area contributed by atoms with Gasteiger partial charge >= 0.3 is 5.97 Å². The lowest BCUT2D eigenvalue weighted by atomic mass is 9.97. The number of hydrogen-bond acceptors (Lipinski definition) is 4. The number of ether oxygens (including phenoxy) is 1. The van der Waals surface area contributed by atoms with Crippen LogP contribution in [0.1, 0.15) is 38.8 Å². The Morgan fingerprint density at radius 2 is 1.46 bits per heavy atom. The number of carbonyl (C=O) groups is 1. The van der Waals surface area contributed by atoms with Gasteiger partial charge in [-0.1, -0.05) is 83.9 Å². The Bertz CT molecular complexity index is 2230. The molecule has 0 spiro atoms. The molecule has 0 atom stereocenters. The van der Waals surface area contributed by atoms with E-state index in [1.165, 1.54) is 12.1 Å². The summed E-state index contributed by atoms with van der Waals surface area (Å²) in [6.07, 6.45) is 0.548. The van der Waals surface area contributed by atoms with Crippen LogP contribution in [0.3, 0.4) is 0 Å². The molecule has 50 heavy (non-hydrogen) atoms. The first kappa shape index (κ1) is 35.1. The number of benzene rings is 5. The van der Waals surface area contributed by atoms with Gasteiger partial charge in [0.05, 0.1) is 23.2 Å². The maximum atomic E-state index is 14.6. The second-order valence-corrected chi connectivity index (χ2v) is 14.0. The van der Waals surface area contributed by atoms with Crippen LogP contribution in [-0.4, -0.2) is 37.2 Å². The van der Waals surface area contributed by atoms with E-state index < -0.39 is 37.5 Å². The van der Waals surface area contributed by atoms with E-state index in [9.17, 15) is 27.1 Å². The zero-order chi connectivity index (χ0) is 35.4. The molecule has 2 N–H and O–H groups in total. The van der Waals surface area contributed by atoms with Crippen molar-refractivity contribution in [1.29, 1.82) is 0 Å². The first-order valence-electron chi connectivity index (χ1n) is 15.5. The number of fused-ring (bicyclic) bond motifs is 1. The summed E-state index contributed by atoms with van der Waals surface area (Å²) in [7, 11) is -4.42. The van der Waals surface area contributed by atoms with E-state index in [2.05, 4.69) is 9.29 Å². The molecule has 0 saturated heterocycles. The fraction of sp³-hybridized carbons (Fsp3) is 0.132. The van der Waals surface area contributed by atoms with Crippen LogP contribution in [-0.2, 0) is 22.9 Å². The van der Waals surface area contributed by atoms with E-state index in [0.29, 0.717) is 23.3 Å². The average Bonchev–Trinajstić information content (AvgIpc) is 3.39. The number of nitrogens with one attached hydrogen (secondary N) is 1. The lowest BCUT2D eigenvalue weighted by Crippen LogP contribution is -2.28. The molecule has 0 amide bonds.